The summed E-state index contributed by atoms with van der Waals surface area (Å²) >= 11 is 0. The van der Waals surface area contributed by atoms with Crippen molar-refractivity contribution in [2.75, 3.05) is 12.3 Å². The molecule has 7 heteroatoms. The Hall–Kier alpha value is -1.76. The highest BCUT2D eigenvalue weighted by Gasteiger charge is 2.30. The van der Waals surface area contributed by atoms with Crippen LogP contribution in [-0.4, -0.2) is 36.7 Å². The van der Waals surface area contributed by atoms with E-state index >= 15 is 0 Å². The van der Waals surface area contributed by atoms with Gasteiger partial charge in [-0.3, -0.25) is 0 Å². The quantitative estimate of drug-likeness (QED) is 0.766. The van der Waals surface area contributed by atoms with E-state index in [0.29, 0.717) is 17.0 Å². The van der Waals surface area contributed by atoms with Crippen molar-refractivity contribution >= 4 is 17.0 Å². The zero-order valence-electron chi connectivity index (χ0n) is 9.32. The average Bonchev–Trinajstić information content (AvgIpc) is 2.94. The maximum absolute atomic E-state index is 9.34. The number of rotatable bonds is 2. The number of aliphatic hydroxyl groups excluding tert-OH is 1. The fourth-order valence-electron chi connectivity index (χ4n) is 2.56. The van der Waals surface area contributed by atoms with Crippen LogP contribution in [0.25, 0.3) is 11.2 Å². The molecule has 1 saturated carbocycles. The van der Waals surface area contributed by atoms with Gasteiger partial charge < -0.3 is 10.8 Å². The Morgan fingerprint density at radius 1 is 1.41 bits per heavy atom. The van der Waals surface area contributed by atoms with Crippen molar-refractivity contribution < 1.29 is 5.11 Å². The van der Waals surface area contributed by atoms with Gasteiger partial charge in [0.2, 0.25) is 0 Å². The molecular formula is C10H14N6O. The van der Waals surface area contributed by atoms with Crippen LogP contribution in [0, 0.1) is 5.92 Å². The standard InChI is InChI=1S/C10H14N6O/c11-9-8-10(13-5-12-9)16(15-14-8)7-3-1-2-6(7)4-17/h5-7,17H,1-4H2,(H2,11,12,13)/t6-,7-/m1/s1. The lowest BCUT2D eigenvalue weighted by Gasteiger charge is -2.17. The molecule has 2 heterocycles. The summed E-state index contributed by atoms with van der Waals surface area (Å²) in [6.45, 7) is 0.173. The van der Waals surface area contributed by atoms with Crippen molar-refractivity contribution in [2.24, 2.45) is 5.92 Å². The normalized spacial score (nSPS) is 24.5. The maximum Gasteiger partial charge on any atom is 0.184 e. The predicted molar refractivity (Wildman–Crippen MR) is 61.0 cm³/mol. The molecule has 2 aromatic heterocycles. The monoisotopic (exact) mass is 234 g/mol. The lowest BCUT2D eigenvalue weighted by molar-refractivity contribution is 0.191. The topological polar surface area (TPSA) is 103 Å². The SMILES string of the molecule is Nc1ncnc2c1nnn2[C@@H]1CCC[C@@H]1CO. The van der Waals surface area contributed by atoms with Crippen LogP contribution in [0.3, 0.4) is 0 Å². The van der Waals surface area contributed by atoms with Gasteiger partial charge in [-0.25, -0.2) is 14.6 Å². The summed E-state index contributed by atoms with van der Waals surface area (Å²) in [7, 11) is 0. The fraction of sp³-hybridized carbons (Fsp3) is 0.600. The fourth-order valence-corrected chi connectivity index (χ4v) is 2.56. The first-order valence-electron chi connectivity index (χ1n) is 5.73. The number of nitrogens with two attached hydrogens (primary N) is 1. The molecule has 0 unspecified atom stereocenters. The van der Waals surface area contributed by atoms with Gasteiger partial charge in [-0.2, -0.15) is 0 Å². The van der Waals surface area contributed by atoms with Crippen molar-refractivity contribution in [3.63, 3.8) is 0 Å². The Balaban J connectivity index is 2.09. The Bertz CT molecular complexity index is 539. The van der Waals surface area contributed by atoms with E-state index in [1.54, 1.807) is 4.68 Å². The van der Waals surface area contributed by atoms with Crippen LogP contribution in [0.2, 0.25) is 0 Å². The number of hydrogen-bond acceptors (Lipinski definition) is 6. The summed E-state index contributed by atoms with van der Waals surface area (Å²) in [6.07, 6.45) is 4.52. The van der Waals surface area contributed by atoms with Gasteiger partial charge in [0, 0.05) is 12.5 Å². The predicted octanol–water partition coefficient (Wildman–Crippen LogP) is 0.137. The minimum atomic E-state index is 0.166. The molecular weight excluding hydrogens is 220 g/mol. The minimum Gasteiger partial charge on any atom is -0.396 e. The van der Waals surface area contributed by atoms with Gasteiger partial charge in [-0.1, -0.05) is 11.6 Å². The summed E-state index contributed by atoms with van der Waals surface area (Å²) in [6, 6.07) is 0.166. The zero-order valence-corrected chi connectivity index (χ0v) is 9.32. The average molecular weight is 234 g/mol. The van der Waals surface area contributed by atoms with Crippen LogP contribution < -0.4 is 5.73 Å². The second-order valence-electron chi connectivity index (χ2n) is 4.41. The summed E-state index contributed by atoms with van der Waals surface area (Å²) in [5.41, 5.74) is 6.91. The number of aliphatic hydroxyl groups is 1. The number of nitrogens with zero attached hydrogens (tertiary/aromatic N) is 5. The molecule has 0 aliphatic heterocycles. The highest BCUT2D eigenvalue weighted by Crippen LogP contribution is 2.36. The summed E-state index contributed by atoms with van der Waals surface area (Å²) in [4.78, 5) is 8.07. The van der Waals surface area contributed by atoms with E-state index in [1.807, 2.05) is 0 Å². The molecule has 1 aliphatic carbocycles. The number of hydrogen-bond donors (Lipinski definition) is 2. The first-order valence-corrected chi connectivity index (χ1v) is 5.73. The minimum absolute atomic E-state index is 0.166. The molecule has 3 rings (SSSR count). The molecule has 0 radical (unpaired) electrons. The van der Waals surface area contributed by atoms with E-state index in [2.05, 4.69) is 20.3 Å². The smallest absolute Gasteiger partial charge is 0.184 e. The van der Waals surface area contributed by atoms with Gasteiger partial charge in [0.25, 0.3) is 0 Å². The Morgan fingerprint density at radius 3 is 3.12 bits per heavy atom. The molecule has 0 saturated heterocycles. The summed E-state index contributed by atoms with van der Waals surface area (Å²) in [5, 5.41) is 17.5. The van der Waals surface area contributed by atoms with E-state index < -0.39 is 0 Å². The van der Waals surface area contributed by atoms with Crippen LogP contribution in [0.5, 0.6) is 0 Å². The highest BCUT2D eigenvalue weighted by atomic mass is 16.3. The number of aromatic nitrogens is 5. The molecule has 1 fully saturated rings. The summed E-state index contributed by atoms with van der Waals surface area (Å²) < 4.78 is 1.78. The van der Waals surface area contributed by atoms with Crippen LogP contribution in [0.4, 0.5) is 5.82 Å². The molecule has 0 amide bonds. The van der Waals surface area contributed by atoms with Gasteiger partial charge >= 0.3 is 0 Å². The van der Waals surface area contributed by atoms with Gasteiger partial charge in [0.15, 0.2) is 17.0 Å². The second kappa shape index (κ2) is 3.92. The lowest BCUT2D eigenvalue weighted by atomic mass is 10.1. The number of anilines is 1. The van der Waals surface area contributed by atoms with Crippen molar-refractivity contribution in [3.8, 4) is 0 Å². The molecule has 2 atom stereocenters. The van der Waals surface area contributed by atoms with Gasteiger partial charge in [0.05, 0.1) is 6.04 Å². The van der Waals surface area contributed by atoms with Gasteiger partial charge in [-0.05, 0) is 12.8 Å². The van der Waals surface area contributed by atoms with E-state index in [0.717, 1.165) is 19.3 Å². The Kier molecular flexibility index (Phi) is 2.40. The first-order chi connectivity index (χ1) is 8.31. The lowest BCUT2D eigenvalue weighted by Crippen LogP contribution is -2.18. The zero-order chi connectivity index (χ0) is 11.8. The third kappa shape index (κ3) is 1.54. The largest absolute Gasteiger partial charge is 0.396 e. The van der Waals surface area contributed by atoms with E-state index in [1.165, 1.54) is 6.33 Å². The molecule has 0 aromatic carbocycles. The van der Waals surface area contributed by atoms with Gasteiger partial charge in [0.1, 0.15) is 6.33 Å². The molecule has 90 valence electrons. The van der Waals surface area contributed by atoms with E-state index in [-0.39, 0.29) is 18.6 Å². The van der Waals surface area contributed by atoms with Crippen LogP contribution in [-0.2, 0) is 0 Å². The molecule has 2 aromatic rings. The van der Waals surface area contributed by atoms with E-state index in [9.17, 15) is 5.11 Å². The van der Waals surface area contributed by atoms with Crippen molar-refractivity contribution in [1.29, 1.82) is 0 Å². The van der Waals surface area contributed by atoms with Crippen LogP contribution in [0.15, 0.2) is 6.33 Å². The third-order valence-electron chi connectivity index (χ3n) is 3.46. The second-order valence-corrected chi connectivity index (χ2v) is 4.41. The third-order valence-corrected chi connectivity index (χ3v) is 3.46. The highest BCUT2D eigenvalue weighted by molar-refractivity contribution is 5.80. The molecule has 3 N–H and O–H groups in total. The van der Waals surface area contributed by atoms with Crippen molar-refractivity contribution in [2.45, 2.75) is 25.3 Å². The van der Waals surface area contributed by atoms with Crippen molar-refractivity contribution in [3.05, 3.63) is 6.33 Å². The summed E-state index contributed by atoms with van der Waals surface area (Å²) in [5.74, 6) is 0.580. The van der Waals surface area contributed by atoms with Crippen LogP contribution in [0.1, 0.15) is 25.3 Å². The molecule has 0 spiro atoms. The van der Waals surface area contributed by atoms with Gasteiger partial charge in [-0.15, -0.1) is 5.10 Å². The number of fused-ring (bicyclic) bond motifs is 1. The van der Waals surface area contributed by atoms with Crippen molar-refractivity contribution in [1.82, 2.24) is 25.0 Å². The molecule has 0 bridgehead atoms. The first kappa shape index (κ1) is 10.4. The van der Waals surface area contributed by atoms with Crippen LogP contribution >= 0.6 is 0 Å². The number of nitrogen functional groups attached to an aromatic ring is 1. The Labute approximate surface area is 97.7 Å². The molecule has 1 aliphatic rings. The Morgan fingerprint density at radius 2 is 2.29 bits per heavy atom. The molecule has 7 nitrogen and oxygen atoms in total. The maximum atomic E-state index is 9.34. The molecule has 17 heavy (non-hydrogen) atoms. The van der Waals surface area contributed by atoms with E-state index in [4.69, 9.17) is 5.73 Å².